The molecule has 7 rings (SSSR count). The number of nitrogens with one attached hydrogen (secondary N) is 2. The number of carbonyl (C=O) groups is 1. The number of thiocarbonyl (C=S) groups is 1. The molecule has 1 aliphatic heterocycles. The molecule has 8 nitrogen and oxygen atoms in total. The van der Waals surface area contributed by atoms with Gasteiger partial charge in [-0.15, -0.1) is 11.3 Å². The number of piperidine rings is 1. The Morgan fingerprint density at radius 1 is 1.07 bits per heavy atom. The molecule has 0 aliphatic carbocycles. The maximum Gasteiger partial charge on any atom is 0.253 e. The van der Waals surface area contributed by atoms with E-state index in [9.17, 15) is 4.79 Å². The summed E-state index contributed by atoms with van der Waals surface area (Å²) in [6.07, 6.45) is 9.61. The summed E-state index contributed by atoms with van der Waals surface area (Å²) in [4.78, 5) is 27.7. The van der Waals surface area contributed by atoms with Gasteiger partial charge in [0.1, 0.15) is 10.6 Å². The molecule has 1 amide bonds. The second kappa shape index (κ2) is 11.0. The van der Waals surface area contributed by atoms with E-state index < -0.39 is 0 Å². The van der Waals surface area contributed by atoms with E-state index in [1.54, 1.807) is 23.7 Å². The van der Waals surface area contributed by atoms with Crippen LogP contribution in [-0.2, 0) is 6.54 Å². The Balaban J connectivity index is 1.20. The summed E-state index contributed by atoms with van der Waals surface area (Å²) in [5, 5.41) is 8.19. The van der Waals surface area contributed by atoms with Crippen molar-refractivity contribution in [3.05, 3.63) is 101 Å². The Morgan fingerprint density at radius 3 is 2.76 bits per heavy atom. The van der Waals surface area contributed by atoms with Crippen molar-refractivity contribution < 1.29 is 4.79 Å². The zero-order valence-electron chi connectivity index (χ0n) is 22.8. The van der Waals surface area contributed by atoms with E-state index in [4.69, 9.17) is 18.0 Å². The lowest BCUT2D eigenvalue weighted by Gasteiger charge is -2.33. The zero-order chi connectivity index (χ0) is 28.6. The predicted octanol–water partition coefficient (Wildman–Crippen LogP) is 6.05. The number of rotatable bonds is 7. The van der Waals surface area contributed by atoms with Crippen LogP contribution in [0.25, 0.3) is 33.1 Å². The first-order valence-electron chi connectivity index (χ1n) is 13.9. The lowest BCUT2D eigenvalue weighted by molar-refractivity contribution is 0.0952. The molecule has 5 heterocycles. The zero-order valence-corrected chi connectivity index (χ0v) is 24.4. The summed E-state index contributed by atoms with van der Waals surface area (Å²) in [6, 6.07) is 18.7. The van der Waals surface area contributed by atoms with Gasteiger partial charge in [-0.1, -0.05) is 42.5 Å². The van der Waals surface area contributed by atoms with Crippen molar-refractivity contribution in [3.63, 3.8) is 0 Å². The highest BCUT2D eigenvalue weighted by Crippen LogP contribution is 2.37. The monoisotopic (exact) mass is 591 g/mol. The number of pyridine rings is 1. The molecule has 1 fully saturated rings. The molecule has 0 unspecified atom stereocenters. The number of nitrogens with two attached hydrogens (primary N) is 1. The Hall–Kier alpha value is -4.54. The molecule has 210 valence electrons. The Bertz CT molecular complexity index is 1920. The number of nitrogens with zero attached hydrogens (tertiary/aromatic N) is 4. The highest BCUT2D eigenvalue weighted by atomic mass is 32.1. The number of fused-ring (bicyclic) bond motifs is 2. The van der Waals surface area contributed by atoms with Crippen molar-refractivity contribution in [1.82, 2.24) is 24.8 Å². The fraction of sp³-hybridized carbons (Fsp3) is 0.188. The average molecular weight is 592 g/mol. The van der Waals surface area contributed by atoms with Gasteiger partial charge in [0.2, 0.25) is 0 Å². The van der Waals surface area contributed by atoms with Gasteiger partial charge in [0, 0.05) is 83.3 Å². The summed E-state index contributed by atoms with van der Waals surface area (Å²) < 4.78 is 2.42. The van der Waals surface area contributed by atoms with Crippen molar-refractivity contribution in [1.29, 1.82) is 0 Å². The van der Waals surface area contributed by atoms with Crippen molar-refractivity contribution in [2.75, 3.05) is 18.0 Å². The van der Waals surface area contributed by atoms with Crippen LogP contribution in [-0.4, -0.2) is 43.5 Å². The van der Waals surface area contributed by atoms with Gasteiger partial charge >= 0.3 is 0 Å². The number of anilines is 1. The van der Waals surface area contributed by atoms with Gasteiger partial charge in [-0.3, -0.25) is 4.79 Å². The van der Waals surface area contributed by atoms with Crippen LogP contribution in [0, 0.1) is 0 Å². The van der Waals surface area contributed by atoms with E-state index >= 15 is 0 Å². The summed E-state index contributed by atoms with van der Waals surface area (Å²) >= 11 is 6.96. The second-order valence-electron chi connectivity index (χ2n) is 10.6. The second-order valence-corrected chi connectivity index (χ2v) is 11.9. The molecule has 42 heavy (non-hydrogen) atoms. The van der Waals surface area contributed by atoms with Crippen LogP contribution in [0.15, 0.2) is 84.8 Å². The van der Waals surface area contributed by atoms with Crippen LogP contribution in [0.1, 0.15) is 40.4 Å². The van der Waals surface area contributed by atoms with Crippen LogP contribution in [0.5, 0.6) is 0 Å². The van der Waals surface area contributed by atoms with Crippen molar-refractivity contribution in [2.45, 2.75) is 25.4 Å². The molecule has 0 spiro atoms. The largest absolute Gasteiger partial charge is 0.389 e. The fourth-order valence-electron chi connectivity index (χ4n) is 5.91. The molecule has 0 atom stereocenters. The van der Waals surface area contributed by atoms with Crippen molar-refractivity contribution >= 4 is 61.5 Å². The highest BCUT2D eigenvalue weighted by molar-refractivity contribution is 7.80. The number of aromatic nitrogens is 4. The third-order valence-corrected chi connectivity index (χ3v) is 9.12. The molecule has 0 saturated carbocycles. The van der Waals surface area contributed by atoms with Crippen LogP contribution >= 0.6 is 23.6 Å². The Labute approximate surface area is 252 Å². The van der Waals surface area contributed by atoms with Crippen LogP contribution in [0.4, 0.5) is 5.13 Å². The lowest BCUT2D eigenvalue weighted by Crippen LogP contribution is -2.34. The molecule has 2 aromatic carbocycles. The van der Waals surface area contributed by atoms with E-state index in [1.807, 2.05) is 35.8 Å². The van der Waals surface area contributed by atoms with Gasteiger partial charge in [0.15, 0.2) is 5.13 Å². The summed E-state index contributed by atoms with van der Waals surface area (Å²) in [7, 11) is 0. The molecular formula is C32H29N7OS2. The quantitative estimate of drug-likeness (QED) is 0.195. The molecule has 4 N–H and O–H groups in total. The topological polar surface area (TPSA) is 105 Å². The van der Waals surface area contributed by atoms with Gasteiger partial charge in [-0.2, -0.15) is 0 Å². The molecule has 1 saturated heterocycles. The first-order valence-corrected chi connectivity index (χ1v) is 15.2. The Morgan fingerprint density at radius 2 is 1.95 bits per heavy atom. The van der Waals surface area contributed by atoms with E-state index in [-0.39, 0.29) is 5.91 Å². The SMILES string of the molecule is NC(=S)c1cccc(-c2cn(C3CCN(c4nccs4)CC3)c3cc(CNC(=O)c4c[nH]c5ncccc45)ccc23)c1. The molecule has 4 aromatic heterocycles. The summed E-state index contributed by atoms with van der Waals surface area (Å²) in [5.41, 5.74) is 12.5. The first kappa shape index (κ1) is 26.4. The number of hydrogen-bond donors (Lipinski definition) is 3. The van der Waals surface area contributed by atoms with Gasteiger partial charge in [0.05, 0.1) is 5.56 Å². The van der Waals surface area contributed by atoms with Crippen LogP contribution < -0.4 is 16.0 Å². The standard InChI is InChI=1S/C32H29N7OS2/c33-29(41)22-4-1-3-21(16-22)27-19-39(23-8-12-38(13-9-23)32-35-11-14-42-32)28-15-20(6-7-24(27)28)17-37-31(40)26-18-36-30-25(26)5-2-10-34-30/h1-7,10-11,14-16,18-19,23H,8-9,12-13,17H2,(H2,33,41)(H,34,36)(H,37,40). The fourth-order valence-corrected chi connectivity index (χ4v) is 6.73. The summed E-state index contributed by atoms with van der Waals surface area (Å²) in [6.45, 7) is 2.33. The minimum absolute atomic E-state index is 0.130. The number of benzene rings is 2. The number of thiazole rings is 1. The predicted molar refractivity (Wildman–Crippen MR) is 173 cm³/mol. The molecule has 10 heteroatoms. The smallest absolute Gasteiger partial charge is 0.253 e. The first-order chi connectivity index (χ1) is 20.5. The van der Waals surface area contributed by atoms with E-state index in [1.165, 1.54) is 0 Å². The van der Waals surface area contributed by atoms with Gasteiger partial charge < -0.3 is 25.5 Å². The average Bonchev–Trinajstić information content (AvgIpc) is 3.79. The molecule has 1 aliphatic rings. The van der Waals surface area contributed by atoms with Crippen LogP contribution in [0.2, 0.25) is 0 Å². The molecule has 6 aromatic rings. The third-order valence-electron chi connectivity index (χ3n) is 8.05. The molecule has 0 bridgehead atoms. The van der Waals surface area contributed by atoms with E-state index in [0.717, 1.165) is 69.6 Å². The van der Waals surface area contributed by atoms with Gasteiger partial charge in [0.25, 0.3) is 5.91 Å². The van der Waals surface area contributed by atoms with Crippen LogP contribution in [0.3, 0.4) is 0 Å². The summed E-state index contributed by atoms with van der Waals surface area (Å²) in [5.74, 6) is -0.130. The maximum atomic E-state index is 13.1. The minimum atomic E-state index is -0.130. The lowest BCUT2D eigenvalue weighted by atomic mass is 10.0. The minimum Gasteiger partial charge on any atom is -0.389 e. The van der Waals surface area contributed by atoms with E-state index in [2.05, 4.69) is 66.3 Å². The molecular weight excluding hydrogens is 563 g/mol. The maximum absolute atomic E-state index is 13.1. The van der Waals surface area contributed by atoms with Crippen molar-refractivity contribution in [2.24, 2.45) is 5.73 Å². The normalized spacial score (nSPS) is 14.0. The number of aromatic amines is 1. The van der Waals surface area contributed by atoms with Gasteiger partial charge in [-0.05, 0) is 48.2 Å². The molecule has 0 radical (unpaired) electrons. The van der Waals surface area contributed by atoms with Crippen molar-refractivity contribution in [3.8, 4) is 11.1 Å². The Kier molecular flexibility index (Phi) is 6.93. The number of amides is 1. The number of H-pyrrole nitrogens is 1. The van der Waals surface area contributed by atoms with Gasteiger partial charge in [-0.25, -0.2) is 9.97 Å². The number of hydrogen-bond acceptors (Lipinski definition) is 6. The third kappa shape index (κ3) is 4.93. The highest BCUT2D eigenvalue weighted by Gasteiger charge is 2.24. The van der Waals surface area contributed by atoms with E-state index in [0.29, 0.717) is 28.8 Å². The number of carbonyl (C=O) groups excluding carboxylic acids is 1.